The number of nitrogens with one attached hydrogen (secondary N) is 1. The molecule has 0 aliphatic carbocycles. The molecule has 0 fully saturated rings. The van der Waals surface area contributed by atoms with Gasteiger partial charge in [-0.15, -0.1) is 11.3 Å². The van der Waals surface area contributed by atoms with Crippen molar-refractivity contribution in [2.45, 2.75) is 19.9 Å². The van der Waals surface area contributed by atoms with Gasteiger partial charge < -0.3 is 0 Å². The average Bonchev–Trinajstić information content (AvgIpc) is 2.68. The molecule has 0 atom stereocenters. The van der Waals surface area contributed by atoms with Crippen LogP contribution in [0.4, 0.5) is 0 Å². The van der Waals surface area contributed by atoms with Crippen LogP contribution in [-0.4, -0.2) is 9.55 Å². The van der Waals surface area contributed by atoms with E-state index in [4.69, 9.17) is 11.6 Å². The van der Waals surface area contributed by atoms with Crippen molar-refractivity contribution in [1.29, 1.82) is 0 Å². The van der Waals surface area contributed by atoms with E-state index in [1.54, 1.807) is 12.3 Å². The third-order valence-corrected chi connectivity index (χ3v) is 3.64. The highest BCUT2D eigenvalue weighted by Gasteiger charge is 2.05. The molecular formula is C11H11ClN2O2S. The largest absolute Gasteiger partial charge is 0.328 e. The van der Waals surface area contributed by atoms with E-state index in [1.165, 1.54) is 15.9 Å². The summed E-state index contributed by atoms with van der Waals surface area (Å²) in [6.45, 7) is 2.31. The number of aromatic nitrogens is 2. The maximum Gasteiger partial charge on any atom is 0.328 e. The first-order valence-electron chi connectivity index (χ1n) is 5.17. The molecule has 0 bridgehead atoms. The lowest BCUT2D eigenvalue weighted by Gasteiger charge is -2.04. The average molecular weight is 271 g/mol. The molecule has 2 aromatic rings. The van der Waals surface area contributed by atoms with Crippen molar-refractivity contribution in [3.8, 4) is 0 Å². The summed E-state index contributed by atoms with van der Waals surface area (Å²) in [4.78, 5) is 26.3. The maximum atomic E-state index is 11.6. The molecule has 6 heteroatoms. The number of rotatable bonds is 3. The topological polar surface area (TPSA) is 54.9 Å². The molecule has 0 spiro atoms. The summed E-state index contributed by atoms with van der Waals surface area (Å²) < 4.78 is 2.18. The number of aromatic amines is 1. The highest BCUT2D eigenvalue weighted by atomic mass is 35.5. The second-order valence-electron chi connectivity index (χ2n) is 3.60. The molecule has 2 rings (SSSR count). The van der Waals surface area contributed by atoms with E-state index in [9.17, 15) is 9.59 Å². The van der Waals surface area contributed by atoms with E-state index in [-0.39, 0.29) is 5.56 Å². The van der Waals surface area contributed by atoms with Gasteiger partial charge in [-0.25, -0.2) is 4.79 Å². The standard InChI is InChI=1S/C11H11ClN2O2S/c1-2-7-5-14(11(16)13-10(7)15)6-8-3-4-9(12)17-8/h3-5H,2,6H2,1H3,(H,13,15,16). The van der Waals surface area contributed by atoms with Crippen molar-refractivity contribution in [3.63, 3.8) is 0 Å². The molecule has 0 aliphatic rings. The van der Waals surface area contributed by atoms with Gasteiger partial charge in [-0.1, -0.05) is 18.5 Å². The Morgan fingerprint density at radius 1 is 1.41 bits per heavy atom. The minimum atomic E-state index is -0.392. The fourth-order valence-corrected chi connectivity index (χ4v) is 2.62. The lowest BCUT2D eigenvalue weighted by Crippen LogP contribution is -2.31. The molecular weight excluding hydrogens is 260 g/mol. The first-order valence-corrected chi connectivity index (χ1v) is 6.36. The Labute approximate surface area is 106 Å². The molecule has 0 aliphatic heterocycles. The first-order chi connectivity index (χ1) is 8.10. The predicted octanol–water partition coefficient (Wildman–Crippen LogP) is 1.86. The van der Waals surface area contributed by atoms with E-state index in [0.717, 1.165) is 4.88 Å². The van der Waals surface area contributed by atoms with Crippen LogP contribution in [0.5, 0.6) is 0 Å². The number of halogens is 1. The second kappa shape index (κ2) is 4.89. The Bertz CT molecular complexity index is 641. The summed E-state index contributed by atoms with van der Waals surface area (Å²) in [6, 6.07) is 3.66. The van der Waals surface area contributed by atoms with Gasteiger partial charge in [-0.05, 0) is 18.6 Å². The van der Waals surface area contributed by atoms with Crippen molar-refractivity contribution < 1.29 is 0 Å². The lowest BCUT2D eigenvalue weighted by atomic mass is 10.2. The molecule has 0 saturated carbocycles. The number of aryl methyl sites for hydroxylation is 1. The van der Waals surface area contributed by atoms with Gasteiger partial charge >= 0.3 is 5.69 Å². The summed E-state index contributed by atoms with van der Waals surface area (Å²) in [7, 11) is 0. The number of thiophene rings is 1. The number of H-pyrrole nitrogens is 1. The molecule has 4 nitrogen and oxygen atoms in total. The fraction of sp³-hybridized carbons (Fsp3) is 0.273. The van der Waals surface area contributed by atoms with Gasteiger partial charge in [-0.2, -0.15) is 0 Å². The molecule has 0 aromatic carbocycles. The smallest absolute Gasteiger partial charge is 0.295 e. The van der Waals surface area contributed by atoms with Crippen LogP contribution in [0.15, 0.2) is 27.9 Å². The van der Waals surface area contributed by atoms with Gasteiger partial charge in [0, 0.05) is 16.6 Å². The summed E-state index contributed by atoms with van der Waals surface area (Å²) >= 11 is 7.25. The van der Waals surface area contributed by atoms with Gasteiger partial charge in [0.1, 0.15) is 0 Å². The van der Waals surface area contributed by atoms with Crippen molar-refractivity contribution in [3.05, 3.63) is 53.9 Å². The molecule has 90 valence electrons. The number of hydrogen-bond acceptors (Lipinski definition) is 3. The minimum Gasteiger partial charge on any atom is -0.295 e. The highest BCUT2D eigenvalue weighted by Crippen LogP contribution is 2.21. The number of nitrogens with zero attached hydrogens (tertiary/aromatic N) is 1. The molecule has 0 saturated heterocycles. The Hall–Kier alpha value is -1.33. The highest BCUT2D eigenvalue weighted by molar-refractivity contribution is 7.16. The molecule has 2 aromatic heterocycles. The van der Waals surface area contributed by atoms with E-state index < -0.39 is 5.69 Å². The van der Waals surface area contributed by atoms with E-state index >= 15 is 0 Å². The third-order valence-electron chi connectivity index (χ3n) is 2.42. The van der Waals surface area contributed by atoms with Crippen LogP contribution in [0.25, 0.3) is 0 Å². The zero-order valence-electron chi connectivity index (χ0n) is 9.20. The third kappa shape index (κ3) is 2.68. The van der Waals surface area contributed by atoms with Crippen molar-refractivity contribution in [2.75, 3.05) is 0 Å². The Morgan fingerprint density at radius 3 is 2.76 bits per heavy atom. The van der Waals surface area contributed by atoms with Crippen LogP contribution in [0.1, 0.15) is 17.4 Å². The Morgan fingerprint density at radius 2 is 2.18 bits per heavy atom. The van der Waals surface area contributed by atoms with E-state index in [0.29, 0.717) is 22.9 Å². The minimum absolute atomic E-state index is 0.307. The van der Waals surface area contributed by atoms with Gasteiger partial charge in [-0.3, -0.25) is 14.3 Å². The normalized spacial score (nSPS) is 10.7. The summed E-state index contributed by atoms with van der Waals surface area (Å²) in [6.07, 6.45) is 2.20. The van der Waals surface area contributed by atoms with Gasteiger partial charge in [0.15, 0.2) is 0 Å². The fourth-order valence-electron chi connectivity index (χ4n) is 1.53. The van der Waals surface area contributed by atoms with Crippen LogP contribution in [-0.2, 0) is 13.0 Å². The molecule has 17 heavy (non-hydrogen) atoms. The first kappa shape index (κ1) is 12.1. The summed E-state index contributed by atoms with van der Waals surface area (Å²) in [5, 5.41) is 0. The van der Waals surface area contributed by atoms with E-state index in [1.807, 2.05) is 13.0 Å². The van der Waals surface area contributed by atoms with Crippen LogP contribution < -0.4 is 11.2 Å². The zero-order valence-corrected chi connectivity index (χ0v) is 10.8. The van der Waals surface area contributed by atoms with Crippen molar-refractivity contribution in [2.24, 2.45) is 0 Å². The zero-order chi connectivity index (χ0) is 12.4. The second-order valence-corrected chi connectivity index (χ2v) is 5.40. The quantitative estimate of drug-likeness (QED) is 0.926. The molecule has 0 amide bonds. The predicted molar refractivity (Wildman–Crippen MR) is 69.1 cm³/mol. The SMILES string of the molecule is CCc1cn(Cc2ccc(Cl)s2)c(=O)[nH]c1=O. The van der Waals surface area contributed by atoms with Gasteiger partial charge in [0.05, 0.1) is 10.9 Å². The summed E-state index contributed by atoms with van der Waals surface area (Å²) in [5.41, 5.74) is -0.0954. The van der Waals surface area contributed by atoms with Crippen LogP contribution in [0, 0.1) is 0 Å². The van der Waals surface area contributed by atoms with Crippen LogP contribution in [0.3, 0.4) is 0 Å². The van der Waals surface area contributed by atoms with Crippen LogP contribution >= 0.6 is 22.9 Å². The number of hydrogen-bond donors (Lipinski definition) is 1. The van der Waals surface area contributed by atoms with E-state index in [2.05, 4.69) is 4.98 Å². The molecule has 0 unspecified atom stereocenters. The molecule has 0 radical (unpaired) electrons. The summed E-state index contributed by atoms with van der Waals surface area (Å²) in [5.74, 6) is 0. The van der Waals surface area contributed by atoms with Crippen molar-refractivity contribution in [1.82, 2.24) is 9.55 Å². The maximum absolute atomic E-state index is 11.6. The monoisotopic (exact) mass is 270 g/mol. The van der Waals surface area contributed by atoms with Crippen LogP contribution in [0.2, 0.25) is 4.34 Å². The Balaban J connectivity index is 2.39. The Kier molecular flexibility index (Phi) is 3.49. The molecule has 1 N–H and O–H groups in total. The van der Waals surface area contributed by atoms with Gasteiger partial charge in [0.2, 0.25) is 0 Å². The lowest BCUT2D eigenvalue weighted by molar-refractivity contribution is 0.715. The van der Waals surface area contributed by atoms with Crippen molar-refractivity contribution >= 4 is 22.9 Å². The van der Waals surface area contributed by atoms with Gasteiger partial charge in [0.25, 0.3) is 5.56 Å². The molecule has 2 heterocycles.